The van der Waals surface area contributed by atoms with Crippen molar-refractivity contribution >= 4 is 5.82 Å². The summed E-state index contributed by atoms with van der Waals surface area (Å²) in [6, 6.07) is 15.2. The van der Waals surface area contributed by atoms with Gasteiger partial charge in [-0.05, 0) is 34.6 Å². The van der Waals surface area contributed by atoms with E-state index in [-0.39, 0.29) is 5.82 Å². The zero-order chi connectivity index (χ0) is 18.8. The average molecular weight is 363 g/mol. The number of aromatic nitrogens is 4. The lowest BCUT2D eigenvalue weighted by Crippen LogP contribution is -2.01. The molecule has 2 N–H and O–H groups in total. The van der Waals surface area contributed by atoms with E-state index in [9.17, 15) is 0 Å². The van der Waals surface area contributed by atoms with E-state index in [0.717, 1.165) is 11.3 Å². The lowest BCUT2D eigenvalue weighted by molar-refractivity contribution is 0.310. The molecule has 4 aromatic rings. The summed E-state index contributed by atoms with van der Waals surface area (Å²) in [4.78, 5) is 4.73. The molecule has 0 radical (unpaired) electrons. The van der Waals surface area contributed by atoms with Crippen molar-refractivity contribution in [3.8, 4) is 40.0 Å². The molecule has 8 nitrogen and oxygen atoms in total. The van der Waals surface area contributed by atoms with Crippen molar-refractivity contribution in [1.29, 1.82) is 0 Å². The third kappa shape index (κ3) is 2.86. The molecule has 2 aromatic carbocycles. The van der Waals surface area contributed by atoms with Gasteiger partial charge in [-0.3, -0.25) is 4.57 Å². The summed E-state index contributed by atoms with van der Waals surface area (Å²) >= 11 is 0. The van der Waals surface area contributed by atoms with Crippen LogP contribution in [0.15, 0.2) is 59.4 Å². The van der Waals surface area contributed by atoms with Gasteiger partial charge >= 0.3 is 0 Å². The molecule has 0 spiro atoms. The van der Waals surface area contributed by atoms with Gasteiger partial charge < -0.3 is 15.2 Å². The lowest BCUT2D eigenvalue weighted by Gasteiger charge is -2.10. The molecular weight excluding hydrogens is 346 g/mol. The Hall–Kier alpha value is -3.81. The highest BCUT2D eigenvalue weighted by Gasteiger charge is 2.22. The third-order valence-corrected chi connectivity index (χ3v) is 4.16. The van der Waals surface area contributed by atoms with E-state index >= 15 is 0 Å². The number of hydrogen-bond acceptors (Lipinski definition) is 7. The number of nitrogen functional groups attached to an aromatic ring is 1. The van der Waals surface area contributed by atoms with Crippen molar-refractivity contribution in [2.24, 2.45) is 0 Å². The predicted octanol–water partition coefficient (Wildman–Crippen LogP) is 3.19. The monoisotopic (exact) mass is 363 g/mol. The SMILES string of the molecule is COc1ccccc1-c1cn(-c2ccccc2OC)c(-c2nonc2N)n1. The second-order valence-electron chi connectivity index (χ2n) is 5.69. The van der Waals surface area contributed by atoms with Crippen LogP contribution in [0, 0.1) is 0 Å². The van der Waals surface area contributed by atoms with E-state index in [1.807, 2.05) is 59.3 Å². The maximum Gasteiger partial charge on any atom is 0.199 e. The minimum Gasteiger partial charge on any atom is -0.496 e. The van der Waals surface area contributed by atoms with Gasteiger partial charge in [0, 0.05) is 11.8 Å². The highest BCUT2D eigenvalue weighted by Crippen LogP contribution is 2.35. The number of nitrogens with two attached hydrogens (primary N) is 1. The number of para-hydroxylation sites is 3. The summed E-state index contributed by atoms with van der Waals surface area (Å²) in [6.45, 7) is 0. The smallest absolute Gasteiger partial charge is 0.199 e. The first kappa shape index (κ1) is 16.6. The normalized spacial score (nSPS) is 10.7. The number of imidazole rings is 1. The van der Waals surface area contributed by atoms with Crippen LogP contribution in [0.1, 0.15) is 0 Å². The predicted molar refractivity (Wildman–Crippen MR) is 99.8 cm³/mol. The van der Waals surface area contributed by atoms with Crippen molar-refractivity contribution in [2.45, 2.75) is 0 Å². The molecule has 0 fully saturated rings. The molecule has 2 heterocycles. The lowest BCUT2D eigenvalue weighted by atomic mass is 10.1. The number of nitrogens with zero attached hydrogens (tertiary/aromatic N) is 4. The molecule has 0 aliphatic heterocycles. The summed E-state index contributed by atoms with van der Waals surface area (Å²) in [5, 5.41) is 7.58. The zero-order valence-corrected chi connectivity index (χ0v) is 14.8. The van der Waals surface area contributed by atoms with Crippen molar-refractivity contribution < 1.29 is 14.1 Å². The fraction of sp³-hybridized carbons (Fsp3) is 0.105. The molecule has 2 aromatic heterocycles. The summed E-state index contributed by atoms with van der Waals surface area (Å²) < 4.78 is 17.6. The van der Waals surface area contributed by atoms with Gasteiger partial charge in [0.1, 0.15) is 11.5 Å². The standard InChI is InChI=1S/C19H17N5O3/c1-25-15-9-5-3-7-12(15)13-11-24(14-8-4-6-10-16(14)26-2)19(21-13)17-18(20)23-27-22-17/h3-11H,1-2H3,(H2,20,23). The maximum atomic E-state index is 5.92. The molecule has 0 saturated heterocycles. The summed E-state index contributed by atoms with van der Waals surface area (Å²) in [7, 11) is 3.24. The molecule has 0 atom stereocenters. The molecule has 0 aliphatic rings. The van der Waals surface area contributed by atoms with Gasteiger partial charge in [-0.25, -0.2) is 9.61 Å². The number of rotatable bonds is 5. The van der Waals surface area contributed by atoms with Crippen LogP contribution in [0.5, 0.6) is 11.5 Å². The highest BCUT2D eigenvalue weighted by molar-refractivity contribution is 5.73. The Kier molecular flexibility index (Phi) is 4.21. The van der Waals surface area contributed by atoms with E-state index in [2.05, 4.69) is 10.3 Å². The quantitative estimate of drug-likeness (QED) is 0.581. The molecule has 136 valence electrons. The van der Waals surface area contributed by atoms with E-state index in [0.29, 0.717) is 28.7 Å². The fourth-order valence-corrected chi connectivity index (χ4v) is 2.90. The van der Waals surface area contributed by atoms with Crippen molar-refractivity contribution in [3.05, 3.63) is 54.7 Å². The van der Waals surface area contributed by atoms with Crippen LogP contribution >= 0.6 is 0 Å². The number of benzene rings is 2. The Morgan fingerprint density at radius 1 is 0.926 bits per heavy atom. The Morgan fingerprint density at radius 2 is 1.63 bits per heavy atom. The summed E-state index contributed by atoms with van der Waals surface area (Å²) in [6.07, 6.45) is 1.87. The van der Waals surface area contributed by atoms with Crippen LogP contribution in [-0.2, 0) is 0 Å². The van der Waals surface area contributed by atoms with Crippen molar-refractivity contribution in [2.75, 3.05) is 20.0 Å². The molecule has 27 heavy (non-hydrogen) atoms. The number of methoxy groups -OCH3 is 2. The number of ether oxygens (including phenoxy) is 2. The first-order chi connectivity index (χ1) is 13.2. The van der Waals surface area contributed by atoms with Crippen LogP contribution in [0.2, 0.25) is 0 Å². The minimum atomic E-state index is 0.156. The second-order valence-corrected chi connectivity index (χ2v) is 5.69. The molecule has 0 aliphatic carbocycles. The second kappa shape index (κ2) is 6.83. The molecular formula is C19H17N5O3. The Balaban J connectivity index is 1.97. The van der Waals surface area contributed by atoms with Crippen LogP contribution in [0.4, 0.5) is 5.82 Å². The third-order valence-electron chi connectivity index (χ3n) is 4.16. The minimum absolute atomic E-state index is 0.156. The number of anilines is 1. The molecule has 4 rings (SSSR count). The van der Waals surface area contributed by atoms with E-state index in [1.54, 1.807) is 14.2 Å². The van der Waals surface area contributed by atoms with Crippen molar-refractivity contribution in [3.63, 3.8) is 0 Å². The van der Waals surface area contributed by atoms with E-state index < -0.39 is 0 Å². The van der Waals surface area contributed by atoms with Gasteiger partial charge in [0.15, 0.2) is 17.3 Å². The van der Waals surface area contributed by atoms with Crippen LogP contribution in [0.3, 0.4) is 0 Å². The van der Waals surface area contributed by atoms with Crippen LogP contribution in [-0.4, -0.2) is 34.1 Å². The molecule has 0 bridgehead atoms. The summed E-state index contributed by atoms with van der Waals surface area (Å²) in [5.41, 5.74) is 8.58. The van der Waals surface area contributed by atoms with Gasteiger partial charge in [-0.15, -0.1) is 0 Å². The first-order valence-corrected chi connectivity index (χ1v) is 8.17. The molecule has 8 heteroatoms. The van der Waals surface area contributed by atoms with Gasteiger partial charge in [0.2, 0.25) is 0 Å². The fourth-order valence-electron chi connectivity index (χ4n) is 2.90. The number of hydrogen-bond donors (Lipinski definition) is 1. The van der Waals surface area contributed by atoms with Gasteiger partial charge in [0.25, 0.3) is 0 Å². The Morgan fingerprint density at radius 3 is 2.33 bits per heavy atom. The molecule has 0 saturated carbocycles. The molecule has 0 unspecified atom stereocenters. The summed E-state index contributed by atoms with van der Waals surface area (Å²) in [5.74, 6) is 2.03. The van der Waals surface area contributed by atoms with Gasteiger partial charge in [-0.1, -0.05) is 24.3 Å². The van der Waals surface area contributed by atoms with Gasteiger partial charge in [-0.2, -0.15) is 0 Å². The van der Waals surface area contributed by atoms with E-state index in [4.69, 9.17) is 24.8 Å². The zero-order valence-electron chi connectivity index (χ0n) is 14.8. The van der Waals surface area contributed by atoms with Crippen LogP contribution < -0.4 is 15.2 Å². The van der Waals surface area contributed by atoms with Crippen molar-refractivity contribution in [1.82, 2.24) is 19.9 Å². The highest BCUT2D eigenvalue weighted by atomic mass is 16.6. The maximum absolute atomic E-state index is 5.92. The average Bonchev–Trinajstić information content (AvgIpc) is 3.33. The molecule has 0 amide bonds. The first-order valence-electron chi connectivity index (χ1n) is 8.17. The van der Waals surface area contributed by atoms with Crippen LogP contribution in [0.25, 0.3) is 28.5 Å². The Bertz CT molecular complexity index is 1090. The van der Waals surface area contributed by atoms with E-state index in [1.165, 1.54) is 0 Å². The Labute approximate surface area is 155 Å². The van der Waals surface area contributed by atoms with Gasteiger partial charge in [0.05, 0.1) is 25.6 Å². The largest absolute Gasteiger partial charge is 0.496 e. The topological polar surface area (TPSA) is 101 Å².